The number of hydrogen-bond acceptors (Lipinski definition) is 5. The van der Waals surface area contributed by atoms with Crippen LogP contribution in [0, 0.1) is 6.92 Å². The SMILES string of the molecule is CCc1c(C)sc2ncn3c(=O)n(CC(=O)NC4CCCCC4)nc3c12. The van der Waals surface area contributed by atoms with Gasteiger partial charge in [0.25, 0.3) is 0 Å². The molecule has 0 aromatic carbocycles. The van der Waals surface area contributed by atoms with Crippen LogP contribution in [0.1, 0.15) is 49.5 Å². The third-order valence-electron chi connectivity index (χ3n) is 5.19. The van der Waals surface area contributed by atoms with E-state index >= 15 is 0 Å². The topological polar surface area (TPSA) is 81.3 Å². The first-order chi connectivity index (χ1) is 12.6. The predicted molar refractivity (Wildman–Crippen MR) is 102 cm³/mol. The molecule has 7 nitrogen and oxygen atoms in total. The Balaban J connectivity index is 1.67. The minimum Gasteiger partial charge on any atom is -0.352 e. The highest BCUT2D eigenvalue weighted by atomic mass is 32.1. The number of hydrogen-bond donors (Lipinski definition) is 1. The average molecular weight is 373 g/mol. The average Bonchev–Trinajstić information content (AvgIpc) is 3.12. The monoisotopic (exact) mass is 373 g/mol. The smallest absolute Gasteiger partial charge is 0.352 e. The molecular weight excluding hydrogens is 350 g/mol. The number of carbonyl (C=O) groups is 1. The molecule has 1 aliphatic rings. The number of carbonyl (C=O) groups excluding carboxylic acids is 1. The van der Waals surface area contributed by atoms with E-state index in [1.807, 2.05) is 0 Å². The Hall–Kier alpha value is -2.22. The molecule has 3 heterocycles. The van der Waals surface area contributed by atoms with Crippen molar-refractivity contribution in [3.8, 4) is 0 Å². The molecule has 0 spiro atoms. The molecule has 3 aromatic rings. The number of nitrogens with zero attached hydrogens (tertiary/aromatic N) is 4. The Morgan fingerprint density at radius 1 is 1.35 bits per heavy atom. The van der Waals surface area contributed by atoms with Crippen molar-refractivity contribution in [2.75, 3.05) is 0 Å². The number of aryl methyl sites for hydroxylation is 2. The maximum absolute atomic E-state index is 12.7. The Morgan fingerprint density at radius 2 is 2.12 bits per heavy atom. The van der Waals surface area contributed by atoms with Crippen molar-refractivity contribution < 1.29 is 4.79 Å². The molecule has 0 aliphatic heterocycles. The van der Waals surface area contributed by atoms with Crippen LogP contribution in [0.2, 0.25) is 0 Å². The van der Waals surface area contributed by atoms with Gasteiger partial charge < -0.3 is 5.32 Å². The van der Waals surface area contributed by atoms with E-state index in [1.54, 1.807) is 11.3 Å². The third-order valence-corrected chi connectivity index (χ3v) is 6.25. The van der Waals surface area contributed by atoms with E-state index in [0.29, 0.717) is 5.65 Å². The largest absolute Gasteiger partial charge is 0.352 e. The molecule has 1 amide bonds. The molecule has 1 saturated carbocycles. The number of nitrogens with one attached hydrogen (secondary N) is 1. The van der Waals surface area contributed by atoms with Gasteiger partial charge in [0.15, 0.2) is 5.65 Å². The van der Waals surface area contributed by atoms with Gasteiger partial charge in [0.1, 0.15) is 17.7 Å². The van der Waals surface area contributed by atoms with E-state index in [2.05, 4.69) is 29.2 Å². The molecule has 0 radical (unpaired) electrons. The van der Waals surface area contributed by atoms with Gasteiger partial charge in [-0.1, -0.05) is 26.2 Å². The van der Waals surface area contributed by atoms with Gasteiger partial charge in [0, 0.05) is 10.9 Å². The Kier molecular flexibility index (Phi) is 4.52. The highest BCUT2D eigenvalue weighted by Crippen LogP contribution is 2.31. The number of rotatable bonds is 4. The molecule has 3 aromatic heterocycles. The molecule has 1 fully saturated rings. The molecule has 138 valence electrons. The minimum absolute atomic E-state index is 0.0525. The summed E-state index contributed by atoms with van der Waals surface area (Å²) >= 11 is 1.62. The van der Waals surface area contributed by atoms with Crippen molar-refractivity contribution in [2.45, 2.75) is 65.0 Å². The van der Waals surface area contributed by atoms with Gasteiger partial charge in [0.05, 0.1) is 5.39 Å². The van der Waals surface area contributed by atoms with Crippen LogP contribution < -0.4 is 11.0 Å². The van der Waals surface area contributed by atoms with Crippen LogP contribution in [0.4, 0.5) is 0 Å². The summed E-state index contributed by atoms with van der Waals surface area (Å²) in [4.78, 5) is 31.5. The van der Waals surface area contributed by atoms with E-state index in [0.717, 1.165) is 42.3 Å². The lowest BCUT2D eigenvalue weighted by Crippen LogP contribution is -2.40. The summed E-state index contributed by atoms with van der Waals surface area (Å²) in [6, 6.07) is 0.226. The van der Waals surface area contributed by atoms with Crippen LogP contribution in [-0.4, -0.2) is 31.1 Å². The van der Waals surface area contributed by atoms with Crippen LogP contribution in [0.3, 0.4) is 0 Å². The molecular formula is C18H23N5O2S. The molecule has 0 atom stereocenters. The van der Waals surface area contributed by atoms with Crippen molar-refractivity contribution in [1.29, 1.82) is 0 Å². The highest BCUT2D eigenvalue weighted by Gasteiger charge is 2.20. The lowest BCUT2D eigenvalue weighted by molar-refractivity contribution is -0.122. The summed E-state index contributed by atoms with van der Waals surface area (Å²) in [5.74, 6) is -0.149. The predicted octanol–water partition coefficient (Wildman–Crippen LogP) is 2.43. The van der Waals surface area contributed by atoms with Crippen molar-refractivity contribution in [3.05, 3.63) is 27.3 Å². The van der Waals surface area contributed by atoms with Crippen LogP contribution in [0.25, 0.3) is 15.9 Å². The van der Waals surface area contributed by atoms with Gasteiger partial charge in [-0.3, -0.25) is 4.79 Å². The number of amides is 1. The molecule has 0 unspecified atom stereocenters. The van der Waals surface area contributed by atoms with Gasteiger partial charge in [0.2, 0.25) is 5.91 Å². The van der Waals surface area contributed by atoms with Gasteiger partial charge >= 0.3 is 5.69 Å². The zero-order valence-corrected chi connectivity index (χ0v) is 15.9. The van der Waals surface area contributed by atoms with Gasteiger partial charge in [-0.05, 0) is 31.7 Å². The van der Waals surface area contributed by atoms with E-state index in [-0.39, 0.29) is 24.2 Å². The Morgan fingerprint density at radius 3 is 2.85 bits per heavy atom. The summed E-state index contributed by atoms with van der Waals surface area (Å²) in [7, 11) is 0. The van der Waals surface area contributed by atoms with Crippen LogP contribution >= 0.6 is 11.3 Å². The quantitative estimate of drug-likeness (QED) is 0.761. The number of thiophene rings is 1. The van der Waals surface area contributed by atoms with E-state index in [4.69, 9.17) is 0 Å². The van der Waals surface area contributed by atoms with Gasteiger partial charge in [-0.15, -0.1) is 16.4 Å². The van der Waals surface area contributed by atoms with Crippen molar-refractivity contribution >= 4 is 33.1 Å². The number of aromatic nitrogens is 4. The Bertz CT molecular complexity index is 1030. The second-order valence-electron chi connectivity index (χ2n) is 6.95. The first kappa shape index (κ1) is 17.2. The lowest BCUT2D eigenvalue weighted by Gasteiger charge is -2.22. The van der Waals surface area contributed by atoms with Crippen molar-refractivity contribution in [2.24, 2.45) is 0 Å². The third kappa shape index (κ3) is 2.92. The van der Waals surface area contributed by atoms with Gasteiger partial charge in [-0.2, -0.15) is 0 Å². The second kappa shape index (κ2) is 6.83. The van der Waals surface area contributed by atoms with E-state index in [1.165, 1.54) is 32.3 Å². The van der Waals surface area contributed by atoms with Crippen LogP contribution in [-0.2, 0) is 17.8 Å². The van der Waals surface area contributed by atoms with Crippen LogP contribution in [0.15, 0.2) is 11.1 Å². The molecule has 0 saturated heterocycles. The number of fused-ring (bicyclic) bond motifs is 3. The van der Waals surface area contributed by atoms with Crippen molar-refractivity contribution in [1.82, 2.24) is 24.5 Å². The molecule has 8 heteroatoms. The maximum atomic E-state index is 12.7. The Labute approximate surface area is 155 Å². The second-order valence-corrected chi connectivity index (χ2v) is 8.15. The first-order valence-electron chi connectivity index (χ1n) is 9.24. The molecule has 0 bridgehead atoms. The molecule has 1 N–H and O–H groups in total. The minimum atomic E-state index is -0.320. The normalized spacial score (nSPS) is 15.8. The molecule has 26 heavy (non-hydrogen) atoms. The highest BCUT2D eigenvalue weighted by molar-refractivity contribution is 7.18. The standard InChI is InChI=1S/C18H23N5O2S/c1-3-13-11(2)26-17-15(13)16-21-23(18(25)22(16)10-19-17)9-14(24)20-12-7-5-4-6-8-12/h10,12H,3-9H2,1-2H3,(H,20,24). The fraction of sp³-hybridized carbons (Fsp3) is 0.556. The fourth-order valence-corrected chi connectivity index (χ4v) is 4.95. The summed E-state index contributed by atoms with van der Waals surface area (Å²) in [5, 5.41) is 8.44. The van der Waals surface area contributed by atoms with Gasteiger partial charge in [-0.25, -0.2) is 18.9 Å². The zero-order chi connectivity index (χ0) is 18.3. The van der Waals surface area contributed by atoms with Crippen molar-refractivity contribution in [3.63, 3.8) is 0 Å². The summed E-state index contributed by atoms with van der Waals surface area (Å²) in [6.07, 6.45) is 7.95. The fourth-order valence-electron chi connectivity index (χ4n) is 3.87. The van der Waals surface area contributed by atoms with E-state index in [9.17, 15) is 9.59 Å². The molecule has 4 rings (SSSR count). The summed E-state index contributed by atoms with van der Waals surface area (Å²) < 4.78 is 2.70. The molecule has 1 aliphatic carbocycles. The lowest BCUT2D eigenvalue weighted by atomic mass is 9.95. The zero-order valence-electron chi connectivity index (χ0n) is 15.1. The van der Waals surface area contributed by atoms with Crippen LogP contribution in [0.5, 0.6) is 0 Å². The summed E-state index contributed by atoms with van der Waals surface area (Å²) in [6.45, 7) is 4.10. The summed E-state index contributed by atoms with van der Waals surface area (Å²) in [5.41, 5.74) is 1.44. The maximum Gasteiger partial charge on any atom is 0.352 e. The first-order valence-corrected chi connectivity index (χ1v) is 10.1. The van der Waals surface area contributed by atoms with E-state index < -0.39 is 0 Å².